The monoisotopic (exact) mass is 483 g/mol. The number of esters is 1. The van der Waals surface area contributed by atoms with Gasteiger partial charge < -0.3 is 9.94 Å². The number of methoxy groups -OCH3 is 1. The molecule has 0 amide bonds. The summed E-state index contributed by atoms with van der Waals surface area (Å²) in [6.45, 7) is 17.1. The lowest BCUT2D eigenvalue weighted by Gasteiger charge is -2.70. The molecule has 4 heteroatoms. The number of nitrogens with zero attached hydrogens (tertiary/aromatic N) is 1. The fraction of sp³-hybridized carbons (Fsp3) is 0.871. The first-order valence-corrected chi connectivity index (χ1v) is 14.2. The Morgan fingerprint density at radius 1 is 0.971 bits per heavy atom. The average Bonchev–Trinajstić information content (AvgIpc) is 2.78. The van der Waals surface area contributed by atoms with Gasteiger partial charge in [-0.2, -0.15) is 0 Å². The van der Waals surface area contributed by atoms with E-state index in [1.165, 1.54) is 12.8 Å². The minimum Gasteiger partial charge on any atom is -0.469 e. The molecule has 0 heterocycles. The summed E-state index contributed by atoms with van der Waals surface area (Å²) in [5, 5.41) is 13.5. The lowest BCUT2D eigenvalue weighted by atomic mass is 9.33. The van der Waals surface area contributed by atoms with E-state index in [0.717, 1.165) is 57.1 Å². The molecule has 7 atom stereocenters. The first kappa shape index (κ1) is 25.3. The highest BCUT2D eigenvalue weighted by Crippen LogP contribution is 2.75. The van der Waals surface area contributed by atoms with Gasteiger partial charge in [-0.25, -0.2) is 0 Å². The molecule has 4 fully saturated rings. The topological polar surface area (TPSA) is 58.9 Å². The number of rotatable bonds is 1. The summed E-state index contributed by atoms with van der Waals surface area (Å²) < 4.78 is 5.50. The van der Waals surface area contributed by atoms with Gasteiger partial charge in [-0.15, -0.1) is 0 Å². The van der Waals surface area contributed by atoms with Crippen LogP contribution in [0.15, 0.2) is 16.8 Å². The van der Waals surface area contributed by atoms with Gasteiger partial charge in [0.05, 0.1) is 18.2 Å². The highest BCUT2D eigenvalue weighted by molar-refractivity contribution is 5.90. The molecule has 1 N–H and O–H groups in total. The number of allylic oxidation sites excluding steroid dienone is 2. The lowest BCUT2D eigenvalue weighted by Crippen LogP contribution is -2.64. The number of hydrogen-bond acceptors (Lipinski definition) is 4. The molecule has 0 bridgehead atoms. The van der Waals surface area contributed by atoms with E-state index >= 15 is 0 Å². The van der Waals surface area contributed by atoms with Crippen molar-refractivity contribution in [2.75, 3.05) is 7.11 Å². The molecule has 0 aromatic rings. The molecule has 5 aliphatic carbocycles. The lowest BCUT2D eigenvalue weighted by molar-refractivity contribution is -0.181. The van der Waals surface area contributed by atoms with Crippen LogP contribution < -0.4 is 0 Å². The third-order valence-corrected chi connectivity index (χ3v) is 13.1. The van der Waals surface area contributed by atoms with Gasteiger partial charge in [0.2, 0.25) is 0 Å². The molecule has 0 aromatic carbocycles. The van der Waals surface area contributed by atoms with Crippen LogP contribution in [0.1, 0.15) is 113 Å². The number of oxime groups is 1. The molecule has 0 unspecified atom stereocenters. The molecule has 4 nitrogen and oxygen atoms in total. The van der Waals surface area contributed by atoms with Crippen LogP contribution >= 0.6 is 0 Å². The van der Waals surface area contributed by atoms with Gasteiger partial charge in [0, 0.05) is 5.41 Å². The van der Waals surface area contributed by atoms with Gasteiger partial charge in [-0.05, 0) is 104 Å². The summed E-state index contributed by atoms with van der Waals surface area (Å²) in [6, 6.07) is 0. The van der Waals surface area contributed by atoms with Gasteiger partial charge in [0.25, 0.3) is 0 Å². The third-order valence-electron chi connectivity index (χ3n) is 13.1. The predicted molar refractivity (Wildman–Crippen MR) is 140 cm³/mol. The van der Waals surface area contributed by atoms with E-state index in [1.807, 2.05) is 0 Å². The molecule has 0 aliphatic heterocycles. The van der Waals surface area contributed by atoms with Crippen molar-refractivity contribution in [3.63, 3.8) is 0 Å². The Kier molecular flexibility index (Phi) is 5.50. The van der Waals surface area contributed by atoms with Crippen LogP contribution in [0, 0.1) is 50.2 Å². The second kappa shape index (κ2) is 7.60. The fourth-order valence-corrected chi connectivity index (χ4v) is 10.8. The van der Waals surface area contributed by atoms with E-state index in [2.05, 4.69) is 59.7 Å². The SMILES string of the molecule is COC(=O)[C@]12CCC(C)(C)C[C@H]1C1=CC[C@H]3[C@@]4(C)CC/C(=N/O)C(C)(C)[C@H]4CC[C@@]3(C)[C@]1(C)CC2. The van der Waals surface area contributed by atoms with Crippen LogP contribution in [0.2, 0.25) is 0 Å². The van der Waals surface area contributed by atoms with Gasteiger partial charge in [0.15, 0.2) is 0 Å². The first-order valence-electron chi connectivity index (χ1n) is 14.2. The third kappa shape index (κ3) is 3.10. The van der Waals surface area contributed by atoms with E-state index in [0.29, 0.717) is 17.8 Å². The number of carbonyl (C=O) groups is 1. The summed E-state index contributed by atoms with van der Waals surface area (Å²) in [6.07, 6.45) is 13.4. The normalized spacial score (nSPS) is 49.1. The van der Waals surface area contributed by atoms with E-state index < -0.39 is 0 Å². The molecule has 4 saturated carbocycles. The minimum absolute atomic E-state index is 0.0359. The largest absolute Gasteiger partial charge is 0.469 e. The van der Waals surface area contributed by atoms with E-state index in [-0.39, 0.29) is 38.5 Å². The molecule has 0 aromatic heterocycles. The van der Waals surface area contributed by atoms with Crippen molar-refractivity contribution in [1.82, 2.24) is 0 Å². The van der Waals surface area contributed by atoms with Gasteiger partial charge in [-0.3, -0.25) is 4.79 Å². The highest BCUT2D eigenvalue weighted by Gasteiger charge is 2.69. The predicted octanol–water partition coefficient (Wildman–Crippen LogP) is 7.79. The number of fused-ring (bicyclic) bond motifs is 7. The summed E-state index contributed by atoms with van der Waals surface area (Å²) in [5.41, 5.74) is 3.02. The number of hydrogen-bond donors (Lipinski definition) is 1. The van der Waals surface area contributed by atoms with E-state index in [9.17, 15) is 10.0 Å². The van der Waals surface area contributed by atoms with Crippen molar-refractivity contribution in [1.29, 1.82) is 0 Å². The van der Waals surface area contributed by atoms with E-state index in [1.54, 1.807) is 12.7 Å². The van der Waals surface area contributed by atoms with Gasteiger partial charge >= 0.3 is 5.97 Å². The van der Waals surface area contributed by atoms with Crippen LogP contribution in [0.4, 0.5) is 0 Å². The summed E-state index contributed by atoms with van der Waals surface area (Å²) in [4.78, 5) is 13.4. The van der Waals surface area contributed by atoms with Crippen LogP contribution in [0.5, 0.6) is 0 Å². The Morgan fingerprint density at radius 3 is 2.31 bits per heavy atom. The Hall–Kier alpha value is -1.32. The highest BCUT2D eigenvalue weighted by atomic mass is 16.5. The Labute approximate surface area is 213 Å². The van der Waals surface area contributed by atoms with Crippen molar-refractivity contribution >= 4 is 11.7 Å². The zero-order valence-corrected chi connectivity index (χ0v) is 23.6. The maximum atomic E-state index is 13.4. The van der Waals surface area contributed by atoms with Crippen LogP contribution in [-0.4, -0.2) is 24.0 Å². The zero-order valence-electron chi connectivity index (χ0n) is 23.6. The molecular formula is C31H49NO3. The second-order valence-corrected chi connectivity index (χ2v) is 15.1. The zero-order chi connectivity index (χ0) is 25.7. The Balaban J connectivity index is 1.60. The van der Waals surface area contributed by atoms with Gasteiger partial charge in [-0.1, -0.05) is 65.3 Å². The average molecular weight is 484 g/mol. The molecular weight excluding hydrogens is 434 g/mol. The standard InChI is InChI=1S/C31H49NO3/c1-26(2)15-17-31(25(33)35-8)18-16-29(6)20(21(31)19-26)9-10-23-28(5)13-12-24(32-34)27(3,4)22(28)11-14-30(23,29)7/h9,21-23,34H,10-19H2,1-8H3/b32-24-/t21-,22+,23-,28-,29+,30+,31-/m0/s1. The number of ether oxygens (including phenoxy) is 1. The Bertz CT molecular complexity index is 978. The fourth-order valence-electron chi connectivity index (χ4n) is 10.8. The molecule has 0 spiro atoms. The Morgan fingerprint density at radius 2 is 1.66 bits per heavy atom. The van der Waals surface area contributed by atoms with Crippen molar-refractivity contribution in [3.05, 3.63) is 11.6 Å². The molecule has 5 rings (SSSR count). The van der Waals surface area contributed by atoms with Crippen LogP contribution in [0.3, 0.4) is 0 Å². The molecule has 196 valence electrons. The second-order valence-electron chi connectivity index (χ2n) is 15.1. The van der Waals surface area contributed by atoms with Crippen molar-refractivity contribution in [2.45, 2.75) is 113 Å². The summed E-state index contributed by atoms with van der Waals surface area (Å²) in [5.74, 6) is 1.49. The maximum Gasteiger partial charge on any atom is 0.312 e. The molecule has 0 radical (unpaired) electrons. The van der Waals surface area contributed by atoms with Crippen molar-refractivity contribution in [2.24, 2.45) is 55.4 Å². The molecule has 35 heavy (non-hydrogen) atoms. The maximum absolute atomic E-state index is 13.4. The quantitative estimate of drug-likeness (QED) is 0.179. The summed E-state index contributed by atoms with van der Waals surface area (Å²) >= 11 is 0. The van der Waals surface area contributed by atoms with Crippen molar-refractivity contribution < 1.29 is 14.7 Å². The minimum atomic E-state index is -0.334. The molecule has 0 saturated heterocycles. The first-order chi connectivity index (χ1) is 16.2. The number of carbonyl (C=O) groups excluding carboxylic acids is 1. The van der Waals surface area contributed by atoms with Crippen LogP contribution in [-0.2, 0) is 9.53 Å². The van der Waals surface area contributed by atoms with Gasteiger partial charge in [0.1, 0.15) is 0 Å². The van der Waals surface area contributed by atoms with Crippen LogP contribution in [0.25, 0.3) is 0 Å². The summed E-state index contributed by atoms with van der Waals surface area (Å²) in [7, 11) is 1.59. The smallest absolute Gasteiger partial charge is 0.312 e. The van der Waals surface area contributed by atoms with E-state index in [4.69, 9.17) is 4.74 Å². The van der Waals surface area contributed by atoms with Crippen molar-refractivity contribution in [3.8, 4) is 0 Å². The molecule has 5 aliphatic rings.